The van der Waals surface area contributed by atoms with E-state index in [1.165, 1.54) is 6.07 Å². The van der Waals surface area contributed by atoms with Crippen molar-refractivity contribution in [2.75, 3.05) is 13.2 Å². The molecule has 0 bridgehead atoms. The number of rotatable bonds is 8. The van der Waals surface area contributed by atoms with E-state index in [4.69, 9.17) is 4.74 Å². The van der Waals surface area contributed by atoms with E-state index in [1.807, 2.05) is 33.8 Å². The van der Waals surface area contributed by atoms with Gasteiger partial charge in [0.1, 0.15) is 6.61 Å². The molecule has 1 atom stereocenters. The second-order valence-corrected chi connectivity index (χ2v) is 5.19. The molecular formula is C16H26FNO2. The van der Waals surface area contributed by atoms with Gasteiger partial charge in [0.15, 0.2) is 11.6 Å². The second-order valence-electron chi connectivity index (χ2n) is 5.19. The molecule has 0 heterocycles. The third-order valence-corrected chi connectivity index (χ3v) is 3.78. The van der Waals surface area contributed by atoms with Crippen LogP contribution < -0.4 is 10.1 Å². The Morgan fingerprint density at radius 2 is 1.95 bits per heavy atom. The summed E-state index contributed by atoms with van der Waals surface area (Å²) >= 11 is 0. The Kier molecular flexibility index (Phi) is 6.43. The quantitative estimate of drug-likeness (QED) is 0.768. The summed E-state index contributed by atoms with van der Waals surface area (Å²) in [6, 6.07) is 5.07. The first-order valence-electron chi connectivity index (χ1n) is 7.33. The lowest BCUT2D eigenvalue weighted by Gasteiger charge is -2.25. The molecule has 0 aliphatic heterocycles. The monoisotopic (exact) mass is 283 g/mol. The maximum absolute atomic E-state index is 14.0. The molecule has 20 heavy (non-hydrogen) atoms. The fourth-order valence-electron chi connectivity index (χ4n) is 1.99. The Hall–Kier alpha value is -1.13. The van der Waals surface area contributed by atoms with Crippen LogP contribution in [-0.2, 0) is 0 Å². The van der Waals surface area contributed by atoms with Gasteiger partial charge in [-0.15, -0.1) is 0 Å². The number of halogens is 1. The van der Waals surface area contributed by atoms with E-state index in [0.29, 0.717) is 12.8 Å². The van der Waals surface area contributed by atoms with E-state index in [1.54, 1.807) is 6.07 Å². The average Bonchev–Trinajstić information content (AvgIpc) is 2.45. The Labute approximate surface area is 121 Å². The Morgan fingerprint density at radius 3 is 2.45 bits per heavy atom. The molecule has 0 amide bonds. The summed E-state index contributed by atoms with van der Waals surface area (Å²) < 4.78 is 19.4. The summed E-state index contributed by atoms with van der Waals surface area (Å²) in [6.07, 6.45) is 1.17. The molecule has 2 N–H and O–H groups in total. The highest BCUT2D eigenvalue weighted by Crippen LogP contribution is 2.24. The standard InChI is InChI=1S/C16H26FNO2/c1-5-16(19,6-2)11-20-15-9-8-13(10-14(15)17)12(4)18-7-3/h8-10,12,18-19H,5-7,11H2,1-4H3. The zero-order chi connectivity index (χ0) is 15.2. The van der Waals surface area contributed by atoms with Crippen LogP contribution in [0.2, 0.25) is 0 Å². The summed E-state index contributed by atoms with van der Waals surface area (Å²) in [7, 11) is 0. The van der Waals surface area contributed by atoms with Crippen LogP contribution in [0.1, 0.15) is 52.1 Å². The minimum Gasteiger partial charge on any atom is -0.488 e. The third kappa shape index (κ3) is 4.46. The molecule has 0 aliphatic carbocycles. The summed E-state index contributed by atoms with van der Waals surface area (Å²) in [5.41, 5.74) is 0.000249. The van der Waals surface area contributed by atoms with Gasteiger partial charge >= 0.3 is 0 Å². The first-order chi connectivity index (χ1) is 9.45. The van der Waals surface area contributed by atoms with Crippen LogP contribution in [-0.4, -0.2) is 23.9 Å². The van der Waals surface area contributed by atoms with E-state index in [0.717, 1.165) is 12.1 Å². The number of nitrogens with one attached hydrogen (secondary N) is 1. The van der Waals surface area contributed by atoms with Gasteiger partial charge in [-0.25, -0.2) is 4.39 Å². The minimum atomic E-state index is -0.887. The predicted octanol–water partition coefficient (Wildman–Crippen LogP) is 3.43. The molecule has 0 aromatic heterocycles. The van der Waals surface area contributed by atoms with Crippen LogP contribution in [0.15, 0.2) is 18.2 Å². The van der Waals surface area contributed by atoms with E-state index in [-0.39, 0.29) is 24.2 Å². The van der Waals surface area contributed by atoms with Gasteiger partial charge in [-0.3, -0.25) is 0 Å². The number of aliphatic hydroxyl groups is 1. The molecule has 0 aliphatic rings. The molecule has 0 spiro atoms. The number of benzene rings is 1. The van der Waals surface area contributed by atoms with Gasteiger partial charge in [0, 0.05) is 6.04 Å². The number of ether oxygens (including phenoxy) is 1. The topological polar surface area (TPSA) is 41.5 Å². The Morgan fingerprint density at radius 1 is 1.30 bits per heavy atom. The highest BCUT2D eigenvalue weighted by atomic mass is 19.1. The van der Waals surface area contributed by atoms with Gasteiger partial charge in [0.25, 0.3) is 0 Å². The number of hydrogen-bond donors (Lipinski definition) is 2. The van der Waals surface area contributed by atoms with Crippen LogP contribution in [0.3, 0.4) is 0 Å². The van der Waals surface area contributed by atoms with Crippen LogP contribution in [0, 0.1) is 5.82 Å². The van der Waals surface area contributed by atoms with Crippen LogP contribution in [0.25, 0.3) is 0 Å². The Bertz CT molecular complexity index is 419. The second kappa shape index (κ2) is 7.60. The highest BCUT2D eigenvalue weighted by Gasteiger charge is 2.23. The normalized spacial score (nSPS) is 13.3. The van der Waals surface area contributed by atoms with Gasteiger partial charge in [-0.1, -0.05) is 26.8 Å². The average molecular weight is 283 g/mol. The molecule has 0 saturated heterocycles. The third-order valence-electron chi connectivity index (χ3n) is 3.78. The van der Waals surface area contributed by atoms with Crippen molar-refractivity contribution in [2.45, 2.75) is 52.2 Å². The lowest BCUT2D eigenvalue weighted by Crippen LogP contribution is -2.34. The van der Waals surface area contributed by atoms with E-state index in [2.05, 4.69) is 5.32 Å². The molecule has 1 rings (SSSR count). The molecule has 1 aromatic carbocycles. The summed E-state index contributed by atoms with van der Waals surface area (Å²) in [6.45, 7) is 8.74. The van der Waals surface area contributed by atoms with Crippen molar-refractivity contribution in [2.24, 2.45) is 0 Å². The summed E-state index contributed by atoms with van der Waals surface area (Å²) in [5.74, 6) is -0.195. The number of hydrogen-bond acceptors (Lipinski definition) is 3. The first-order valence-corrected chi connectivity index (χ1v) is 7.33. The van der Waals surface area contributed by atoms with E-state index >= 15 is 0 Å². The molecule has 1 unspecified atom stereocenters. The van der Waals surface area contributed by atoms with Gasteiger partial charge in [-0.05, 0) is 44.0 Å². The highest BCUT2D eigenvalue weighted by molar-refractivity contribution is 5.31. The molecular weight excluding hydrogens is 257 g/mol. The van der Waals surface area contributed by atoms with Crippen LogP contribution in [0.5, 0.6) is 5.75 Å². The molecule has 1 aromatic rings. The lowest BCUT2D eigenvalue weighted by atomic mass is 9.99. The maximum Gasteiger partial charge on any atom is 0.165 e. The molecule has 0 radical (unpaired) electrons. The van der Waals surface area contributed by atoms with E-state index in [9.17, 15) is 9.50 Å². The van der Waals surface area contributed by atoms with Crippen molar-refractivity contribution in [3.8, 4) is 5.75 Å². The molecule has 0 saturated carbocycles. The minimum absolute atomic E-state index is 0.103. The smallest absolute Gasteiger partial charge is 0.165 e. The lowest BCUT2D eigenvalue weighted by molar-refractivity contribution is -0.0123. The molecule has 3 nitrogen and oxygen atoms in total. The van der Waals surface area contributed by atoms with Crippen molar-refractivity contribution in [3.05, 3.63) is 29.6 Å². The Balaban J connectivity index is 2.74. The molecule has 0 fully saturated rings. The van der Waals surface area contributed by atoms with Gasteiger partial charge in [-0.2, -0.15) is 0 Å². The van der Waals surface area contributed by atoms with Crippen molar-refractivity contribution >= 4 is 0 Å². The first kappa shape index (κ1) is 16.9. The molecule has 4 heteroatoms. The van der Waals surface area contributed by atoms with Gasteiger partial charge < -0.3 is 15.2 Å². The largest absolute Gasteiger partial charge is 0.488 e. The predicted molar refractivity (Wildman–Crippen MR) is 79.5 cm³/mol. The van der Waals surface area contributed by atoms with Gasteiger partial charge in [0.05, 0.1) is 5.60 Å². The fraction of sp³-hybridized carbons (Fsp3) is 0.625. The molecule has 114 valence electrons. The van der Waals surface area contributed by atoms with Crippen molar-refractivity contribution in [1.82, 2.24) is 5.32 Å². The zero-order valence-electron chi connectivity index (χ0n) is 12.9. The maximum atomic E-state index is 14.0. The van der Waals surface area contributed by atoms with Crippen molar-refractivity contribution < 1.29 is 14.2 Å². The fourth-order valence-corrected chi connectivity index (χ4v) is 1.99. The van der Waals surface area contributed by atoms with Gasteiger partial charge in [0.2, 0.25) is 0 Å². The van der Waals surface area contributed by atoms with Crippen LogP contribution in [0.4, 0.5) is 4.39 Å². The SMILES string of the molecule is CCNC(C)c1ccc(OCC(O)(CC)CC)c(F)c1. The van der Waals surface area contributed by atoms with Crippen LogP contribution >= 0.6 is 0 Å². The van der Waals surface area contributed by atoms with Crippen molar-refractivity contribution in [3.63, 3.8) is 0 Å². The zero-order valence-corrected chi connectivity index (χ0v) is 12.9. The summed E-state index contributed by atoms with van der Waals surface area (Å²) in [4.78, 5) is 0. The van der Waals surface area contributed by atoms with E-state index < -0.39 is 5.60 Å². The van der Waals surface area contributed by atoms with Crippen molar-refractivity contribution in [1.29, 1.82) is 0 Å². The summed E-state index contributed by atoms with van der Waals surface area (Å²) in [5, 5.41) is 13.4.